The lowest BCUT2D eigenvalue weighted by Gasteiger charge is -2.12. The molecule has 2 aromatic rings. The zero-order valence-electron chi connectivity index (χ0n) is 9.50. The molecule has 0 aliphatic carbocycles. The van der Waals surface area contributed by atoms with E-state index in [-0.39, 0.29) is 12.1 Å². The Morgan fingerprint density at radius 1 is 1.53 bits per heavy atom. The monoisotopic (exact) mass is 247 g/mol. The van der Waals surface area contributed by atoms with Crippen molar-refractivity contribution >= 4 is 17.3 Å². The topological polar surface area (TPSA) is 39.2 Å². The Hall–Kier alpha value is -1.68. The first-order valence-corrected chi connectivity index (χ1v) is 6.32. The standard InChI is InChI=1S/C13H13NO2S/c1-10(7-11-3-2-5-14-8-11)16-13(15)12-4-6-17-9-12/h2-6,8-10H,7H2,1H3/t10-/m1/s1. The zero-order valence-corrected chi connectivity index (χ0v) is 10.3. The highest BCUT2D eigenvalue weighted by atomic mass is 32.1. The van der Waals surface area contributed by atoms with E-state index in [1.54, 1.807) is 23.8 Å². The molecule has 0 saturated heterocycles. The van der Waals surface area contributed by atoms with Crippen LogP contribution in [0.1, 0.15) is 22.8 Å². The SMILES string of the molecule is C[C@H](Cc1cccnc1)OC(=O)c1ccsc1. The lowest BCUT2D eigenvalue weighted by Crippen LogP contribution is -2.17. The smallest absolute Gasteiger partial charge is 0.339 e. The molecule has 1 atom stereocenters. The number of esters is 1. The largest absolute Gasteiger partial charge is 0.459 e. The predicted molar refractivity (Wildman–Crippen MR) is 67.1 cm³/mol. The summed E-state index contributed by atoms with van der Waals surface area (Å²) in [7, 11) is 0. The number of hydrogen-bond acceptors (Lipinski definition) is 4. The third-order valence-electron chi connectivity index (χ3n) is 2.31. The molecule has 2 aromatic heterocycles. The number of aromatic nitrogens is 1. The van der Waals surface area contributed by atoms with Gasteiger partial charge in [0.1, 0.15) is 6.10 Å². The molecule has 0 amide bonds. The summed E-state index contributed by atoms with van der Waals surface area (Å²) in [6, 6.07) is 5.62. The second-order valence-electron chi connectivity index (χ2n) is 3.79. The van der Waals surface area contributed by atoms with Crippen LogP contribution in [0.5, 0.6) is 0 Å². The molecule has 2 rings (SSSR count). The van der Waals surface area contributed by atoms with Crippen LogP contribution in [0.4, 0.5) is 0 Å². The van der Waals surface area contributed by atoms with Crippen molar-refractivity contribution in [3.05, 3.63) is 52.5 Å². The van der Waals surface area contributed by atoms with Gasteiger partial charge in [0.05, 0.1) is 5.56 Å². The molecule has 0 N–H and O–H groups in total. The molecule has 0 aliphatic heterocycles. The van der Waals surface area contributed by atoms with Gasteiger partial charge >= 0.3 is 5.97 Å². The Balaban J connectivity index is 1.90. The zero-order chi connectivity index (χ0) is 12.1. The molecule has 0 aromatic carbocycles. The summed E-state index contributed by atoms with van der Waals surface area (Å²) in [5.74, 6) is -0.261. The van der Waals surface area contributed by atoms with E-state index in [4.69, 9.17) is 4.74 Å². The molecule has 4 heteroatoms. The summed E-state index contributed by atoms with van der Waals surface area (Å²) < 4.78 is 5.34. The molecule has 3 nitrogen and oxygen atoms in total. The summed E-state index contributed by atoms with van der Waals surface area (Å²) in [4.78, 5) is 15.7. The molecule has 88 valence electrons. The predicted octanol–water partition coefficient (Wildman–Crippen LogP) is 2.93. The van der Waals surface area contributed by atoms with Gasteiger partial charge in [-0.05, 0) is 30.0 Å². The highest BCUT2D eigenvalue weighted by Gasteiger charge is 2.12. The number of pyridine rings is 1. The number of rotatable bonds is 4. The van der Waals surface area contributed by atoms with Crippen LogP contribution in [0.15, 0.2) is 41.4 Å². The first-order chi connectivity index (χ1) is 8.25. The van der Waals surface area contributed by atoms with Crippen molar-refractivity contribution in [2.75, 3.05) is 0 Å². The maximum absolute atomic E-state index is 11.7. The molecule has 0 radical (unpaired) electrons. The normalized spacial score (nSPS) is 12.1. The van der Waals surface area contributed by atoms with E-state index in [1.165, 1.54) is 11.3 Å². The van der Waals surface area contributed by atoms with Gasteiger partial charge in [-0.2, -0.15) is 11.3 Å². The average Bonchev–Trinajstić information content (AvgIpc) is 2.83. The average molecular weight is 247 g/mol. The molecular weight excluding hydrogens is 234 g/mol. The van der Waals surface area contributed by atoms with Gasteiger partial charge in [-0.25, -0.2) is 4.79 Å². The van der Waals surface area contributed by atoms with E-state index in [1.807, 2.05) is 24.4 Å². The number of carbonyl (C=O) groups is 1. The van der Waals surface area contributed by atoms with Crippen molar-refractivity contribution in [3.63, 3.8) is 0 Å². The second kappa shape index (κ2) is 5.59. The van der Waals surface area contributed by atoms with Crippen molar-refractivity contribution in [1.29, 1.82) is 0 Å². The quantitative estimate of drug-likeness (QED) is 0.780. The first kappa shape index (κ1) is 11.8. The summed E-state index contributed by atoms with van der Waals surface area (Å²) in [5.41, 5.74) is 1.69. The van der Waals surface area contributed by atoms with Gasteiger partial charge in [-0.15, -0.1) is 0 Å². The van der Waals surface area contributed by atoms with E-state index in [0.29, 0.717) is 12.0 Å². The van der Waals surface area contributed by atoms with Crippen molar-refractivity contribution < 1.29 is 9.53 Å². The van der Waals surface area contributed by atoms with Crippen LogP contribution in [0.3, 0.4) is 0 Å². The van der Waals surface area contributed by atoms with E-state index in [9.17, 15) is 4.79 Å². The minimum atomic E-state index is -0.261. The molecule has 0 fully saturated rings. The van der Waals surface area contributed by atoms with Crippen LogP contribution in [0.25, 0.3) is 0 Å². The van der Waals surface area contributed by atoms with Gasteiger partial charge in [0.2, 0.25) is 0 Å². The summed E-state index contributed by atoms with van der Waals surface area (Å²) in [6.07, 6.45) is 4.05. The van der Waals surface area contributed by atoms with Crippen LogP contribution in [-0.2, 0) is 11.2 Å². The van der Waals surface area contributed by atoms with Gasteiger partial charge < -0.3 is 4.74 Å². The Labute approximate surface area is 104 Å². The van der Waals surface area contributed by atoms with Crippen LogP contribution in [-0.4, -0.2) is 17.1 Å². The van der Waals surface area contributed by atoms with Gasteiger partial charge in [0.15, 0.2) is 0 Å². The lowest BCUT2D eigenvalue weighted by atomic mass is 10.1. The van der Waals surface area contributed by atoms with Gasteiger partial charge in [0.25, 0.3) is 0 Å². The van der Waals surface area contributed by atoms with Crippen LogP contribution >= 0.6 is 11.3 Å². The molecule has 0 bridgehead atoms. The highest BCUT2D eigenvalue weighted by molar-refractivity contribution is 7.08. The molecule has 0 saturated carbocycles. The number of thiophene rings is 1. The van der Waals surface area contributed by atoms with Crippen LogP contribution in [0.2, 0.25) is 0 Å². The van der Waals surface area contributed by atoms with Gasteiger partial charge in [-0.1, -0.05) is 6.07 Å². The minimum absolute atomic E-state index is 0.147. The Bertz CT molecular complexity index is 467. The molecule has 0 unspecified atom stereocenters. The first-order valence-electron chi connectivity index (χ1n) is 5.38. The number of ether oxygens (including phenoxy) is 1. The number of hydrogen-bond donors (Lipinski definition) is 0. The van der Waals surface area contributed by atoms with E-state index in [0.717, 1.165) is 5.56 Å². The van der Waals surface area contributed by atoms with Crippen LogP contribution in [0, 0.1) is 0 Å². The van der Waals surface area contributed by atoms with Crippen LogP contribution < -0.4 is 0 Å². The van der Waals surface area contributed by atoms with E-state index >= 15 is 0 Å². The Morgan fingerprint density at radius 3 is 3.06 bits per heavy atom. The molecule has 2 heterocycles. The second-order valence-corrected chi connectivity index (χ2v) is 4.57. The summed E-state index contributed by atoms with van der Waals surface area (Å²) in [5, 5.41) is 3.65. The Kier molecular flexibility index (Phi) is 3.88. The fourth-order valence-electron chi connectivity index (χ4n) is 1.52. The molecule has 0 spiro atoms. The highest BCUT2D eigenvalue weighted by Crippen LogP contribution is 2.11. The summed E-state index contributed by atoms with van der Waals surface area (Å²) in [6.45, 7) is 1.89. The summed E-state index contributed by atoms with van der Waals surface area (Å²) >= 11 is 1.49. The molecule has 0 aliphatic rings. The van der Waals surface area contributed by atoms with Gasteiger partial charge in [0, 0.05) is 24.2 Å². The van der Waals surface area contributed by atoms with Gasteiger partial charge in [-0.3, -0.25) is 4.98 Å². The molecular formula is C13H13NO2S. The number of carbonyl (C=O) groups excluding carboxylic acids is 1. The third-order valence-corrected chi connectivity index (χ3v) is 2.99. The maximum Gasteiger partial charge on any atom is 0.339 e. The maximum atomic E-state index is 11.7. The van der Waals surface area contributed by atoms with Crippen molar-refractivity contribution in [2.24, 2.45) is 0 Å². The van der Waals surface area contributed by atoms with Crippen molar-refractivity contribution in [2.45, 2.75) is 19.4 Å². The van der Waals surface area contributed by atoms with E-state index in [2.05, 4.69) is 4.98 Å². The minimum Gasteiger partial charge on any atom is -0.459 e. The van der Waals surface area contributed by atoms with Crippen molar-refractivity contribution in [3.8, 4) is 0 Å². The molecule has 17 heavy (non-hydrogen) atoms. The fourth-order valence-corrected chi connectivity index (χ4v) is 2.15. The van der Waals surface area contributed by atoms with Crippen molar-refractivity contribution in [1.82, 2.24) is 4.98 Å². The third kappa shape index (κ3) is 3.39. The van der Waals surface area contributed by atoms with E-state index < -0.39 is 0 Å². The Morgan fingerprint density at radius 2 is 2.41 bits per heavy atom. The lowest BCUT2D eigenvalue weighted by molar-refractivity contribution is 0.0343. The number of nitrogens with zero attached hydrogens (tertiary/aromatic N) is 1. The fraction of sp³-hybridized carbons (Fsp3) is 0.231.